The van der Waals surface area contributed by atoms with Crippen LogP contribution in [0, 0.1) is 115 Å². The third-order valence-corrected chi connectivity index (χ3v) is 0. The van der Waals surface area contributed by atoms with E-state index in [0.717, 1.165) is 20.4 Å². The molecule has 0 unspecified atom stereocenters. The summed E-state index contributed by atoms with van der Waals surface area (Å²) < 4.78 is 33.4. The topological polar surface area (TPSA) is 68.3 Å². The zero-order valence-electron chi connectivity index (χ0n) is 4.29. The van der Waals surface area contributed by atoms with Crippen LogP contribution in [-0.2, 0) is 53.9 Å². The van der Waals surface area contributed by atoms with E-state index < -0.39 is 0 Å². The minimum absolute atomic E-state index is 0. The molecule has 0 aromatic heterocycles. The molecule has 0 atom stereocenters. The predicted molar refractivity (Wildman–Crippen MR) is 2.75 cm³/mol. The Morgan fingerprint density at radius 3 is 1.11 bits per heavy atom. The molecule has 0 fully saturated rings. The Labute approximate surface area is 163 Å². The second kappa shape index (κ2) is 78.3. The van der Waals surface area contributed by atoms with Gasteiger partial charge in [-0.15, -0.1) is 0 Å². The van der Waals surface area contributed by atoms with Crippen molar-refractivity contribution in [3.05, 3.63) is 0 Å². The molecule has 1 radical (unpaired) electrons. The SMILES string of the molecule is [O]=[Ce].[O]=[La].[O]=[Ti].[O]=[Zr].[Pr]. The van der Waals surface area contributed by atoms with E-state index in [9.17, 15) is 0 Å². The Morgan fingerprint density at radius 1 is 1.11 bits per heavy atom. The van der Waals surface area contributed by atoms with Crippen molar-refractivity contribution in [3.63, 3.8) is 0 Å². The number of hydrogen-bond donors (Lipinski definition) is 0. The minimum atomic E-state index is -0.0833. The molecular weight excluding hydrogens is 623 g/mol. The maximum atomic E-state index is 8.42. The normalized spacial score (nSPS) is 1.67. The predicted octanol–water partition coefficient (Wildman–Crippen LogP) is -0.480. The summed E-state index contributed by atoms with van der Waals surface area (Å²) in [6.07, 6.45) is 0. The van der Waals surface area contributed by atoms with E-state index in [0.29, 0.717) is 24.7 Å². The first kappa shape index (κ1) is 29.2. The van der Waals surface area contributed by atoms with Crippen molar-refractivity contribution in [2.45, 2.75) is 0 Å². The smallest absolute Gasteiger partial charge is 0 e. The summed E-state index contributed by atoms with van der Waals surface area (Å²) in [6, 6.07) is 0. The molecule has 42 valence electrons. The average molecular weight is 623 g/mol. The summed E-state index contributed by atoms with van der Waals surface area (Å²) in [5.41, 5.74) is 0. The van der Waals surface area contributed by atoms with Crippen LogP contribution in [0.5, 0.6) is 0 Å². The van der Waals surface area contributed by atoms with Gasteiger partial charge in [0.25, 0.3) is 0 Å². The second-order valence-electron chi connectivity index (χ2n) is 0. The van der Waals surface area contributed by atoms with Gasteiger partial charge in [0.15, 0.2) is 0 Å². The molecular formula is CeLaO4PrTiZr. The van der Waals surface area contributed by atoms with Crippen molar-refractivity contribution in [1.29, 1.82) is 0 Å². The molecule has 0 aliphatic rings. The van der Waals surface area contributed by atoms with Crippen molar-refractivity contribution in [3.8, 4) is 0 Å². The van der Waals surface area contributed by atoms with Gasteiger partial charge in [-0.25, -0.2) is 0 Å². The molecule has 0 saturated carbocycles. The van der Waals surface area contributed by atoms with Gasteiger partial charge in [0, 0.05) is 41.3 Å². The molecule has 0 N–H and O–H groups in total. The van der Waals surface area contributed by atoms with E-state index in [1.54, 1.807) is 0 Å². The standard InChI is InChI=1S/Ce.La.4O.Pr.Ti.Zr. The van der Waals surface area contributed by atoms with Crippen LogP contribution in [0.3, 0.4) is 0 Å². The Morgan fingerprint density at radius 2 is 1.11 bits per heavy atom. The van der Waals surface area contributed by atoms with Crippen molar-refractivity contribution in [2.24, 2.45) is 0 Å². The molecule has 0 rings (SSSR count). The van der Waals surface area contributed by atoms with Crippen LogP contribution in [-0.4, -0.2) is 0 Å². The molecule has 0 heterocycles. The van der Waals surface area contributed by atoms with E-state index in [2.05, 4.69) is 0 Å². The molecule has 0 bridgehead atoms. The van der Waals surface area contributed by atoms with E-state index in [-0.39, 0.29) is 115 Å². The fraction of sp³-hybridized carbons (Fsp3) is 0. The molecule has 0 aromatic rings. The van der Waals surface area contributed by atoms with Crippen LogP contribution < -0.4 is 0 Å². The Bertz CT molecular complexity index is 28.5. The van der Waals surface area contributed by atoms with E-state index >= 15 is 0 Å². The summed E-state index contributed by atoms with van der Waals surface area (Å²) in [7, 11) is 0. The van der Waals surface area contributed by atoms with Gasteiger partial charge in [0.1, 0.15) is 0 Å². The van der Waals surface area contributed by atoms with E-state index in [1.165, 1.54) is 0 Å². The first-order chi connectivity index (χ1) is 4.00. The third kappa shape index (κ3) is 65.5. The maximum absolute atomic E-state index is 8.42. The summed E-state index contributed by atoms with van der Waals surface area (Å²) >= 11 is 1.02. The summed E-state index contributed by atoms with van der Waals surface area (Å²) in [4.78, 5) is 0. The van der Waals surface area contributed by atoms with Gasteiger partial charge in [0.2, 0.25) is 0 Å². The molecule has 4 nitrogen and oxygen atoms in total. The van der Waals surface area contributed by atoms with Crippen molar-refractivity contribution in [2.75, 3.05) is 0 Å². The first-order valence-corrected chi connectivity index (χ1v) is 5.25. The Kier molecular flexibility index (Phi) is 254. The van der Waals surface area contributed by atoms with Gasteiger partial charge in [-0.2, -0.15) is 0 Å². The summed E-state index contributed by atoms with van der Waals surface area (Å²) in [5.74, 6) is 0. The number of rotatable bonds is 0. The van der Waals surface area contributed by atoms with E-state index in [1.807, 2.05) is 0 Å². The van der Waals surface area contributed by atoms with Crippen molar-refractivity contribution < 1.29 is 169 Å². The zero-order chi connectivity index (χ0) is 8.00. The van der Waals surface area contributed by atoms with Crippen LogP contribution in [0.25, 0.3) is 0 Å². The van der Waals surface area contributed by atoms with Crippen molar-refractivity contribution >= 4 is 0 Å². The molecule has 0 spiro atoms. The fourth-order valence-electron chi connectivity index (χ4n) is 0. The van der Waals surface area contributed by atoms with Crippen LogP contribution in [0.2, 0.25) is 0 Å². The van der Waals surface area contributed by atoms with Gasteiger partial charge in [-0.05, 0) is 0 Å². The van der Waals surface area contributed by atoms with Crippen LogP contribution >= 0.6 is 0 Å². The van der Waals surface area contributed by atoms with Crippen LogP contribution in [0.15, 0.2) is 0 Å². The molecule has 0 aliphatic heterocycles. The molecule has 0 saturated heterocycles. The largest absolute Gasteiger partial charge is 0 e. The van der Waals surface area contributed by atoms with Gasteiger partial charge in [-0.1, -0.05) is 0 Å². The van der Waals surface area contributed by atoms with Gasteiger partial charge < -0.3 is 0 Å². The molecule has 0 amide bonds. The van der Waals surface area contributed by atoms with Gasteiger partial charge >= 0.3 is 127 Å². The zero-order valence-corrected chi connectivity index (χ0v) is 18.8. The van der Waals surface area contributed by atoms with Gasteiger partial charge in [0.05, 0.1) is 0 Å². The van der Waals surface area contributed by atoms with E-state index in [4.69, 9.17) is 8.77 Å². The molecule has 9 heteroatoms. The average Bonchev–Trinajstić information content (AvgIpc) is 2.03. The second-order valence-corrected chi connectivity index (χ2v) is 0. The van der Waals surface area contributed by atoms with Crippen LogP contribution in [0.1, 0.15) is 0 Å². The monoisotopic (exact) mass is 622 g/mol. The van der Waals surface area contributed by atoms with Crippen LogP contribution in [0.4, 0.5) is 0 Å². The molecule has 0 aliphatic carbocycles. The maximum Gasteiger partial charge on any atom is 0 e. The first-order valence-electron chi connectivity index (χ1n) is 0.848. The minimum Gasteiger partial charge on any atom is 0 e. The molecule has 0 aromatic carbocycles. The van der Waals surface area contributed by atoms with Gasteiger partial charge in [-0.3, -0.25) is 0 Å². The Hall–Kier alpha value is 4.73. The summed E-state index contributed by atoms with van der Waals surface area (Å²) in [6.45, 7) is 0. The van der Waals surface area contributed by atoms with Crippen molar-refractivity contribution in [1.82, 2.24) is 0 Å². The summed E-state index contributed by atoms with van der Waals surface area (Å²) in [5, 5.41) is 0. The Balaban J connectivity index is -0.00000000762. The molecule has 9 heavy (non-hydrogen) atoms. The fourth-order valence-corrected chi connectivity index (χ4v) is 0. The quantitative estimate of drug-likeness (QED) is 0.343. The third-order valence-electron chi connectivity index (χ3n) is 0. The number of hydrogen-bond acceptors (Lipinski definition) is 4.